The molecule has 0 spiro atoms. The number of ether oxygens (including phenoxy) is 4. The SMILES string of the molecule is O=C1/C(=C/c2ccc3c(c2)OCO3)Oc2c1ccc1c2CN(CCc2ccc(F)cc2)CO1. The zero-order valence-electron chi connectivity index (χ0n) is 17.7. The molecular formula is C26H20FNO5. The Morgan fingerprint density at radius 2 is 1.76 bits per heavy atom. The lowest BCUT2D eigenvalue weighted by molar-refractivity contribution is 0.0949. The van der Waals surface area contributed by atoms with E-state index in [9.17, 15) is 9.18 Å². The average Bonchev–Trinajstić information content (AvgIpc) is 3.43. The summed E-state index contributed by atoms with van der Waals surface area (Å²) in [5.74, 6) is 2.48. The molecule has 33 heavy (non-hydrogen) atoms. The summed E-state index contributed by atoms with van der Waals surface area (Å²) in [7, 11) is 0. The quantitative estimate of drug-likeness (QED) is 0.549. The Morgan fingerprint density at radius 1 is 0.939 bits per heavy atom. The Labute approximate surface area is 189 Å². The van der Waals surface area contributed by atoms with Crippen molar-refractivity contribution in [3.8, 4) is 23.0 Å². The summed E-state index contributed by atoms with van der Waals surface area (Å²) in [5.41, 5.74) is 3.24. The van der Waals surface area contributed by atoms with E-state index in [0.717, 1.165) is 35.4 Å². The van der Waals surface area contributed by atoms with Gasteiger partial charge in [0, 0.05) is 13.1 Å². The number of ketones is 1. The Balaban J connectivity index is 1.22. The molecule has 0 saturated carbocycles. The van der Waals surface area contributed by atoms with Crippen LogP contribution in [0, 0.1) is 5.82 Å². The van der Waals surface area contributed by atoms with Crippen LogP contribution in [0.5, 0.6) is 23.0 Å². The number of hydrogen-bond acceptors (Lipinski definition) is 6. The van der Waals surface area contributed by atoms with Crippen molar-refractivity contribution in [2.45, 2.75) is 13.0 Å². The molecule has 0 bridgehead atoms. The Morgan fingerprint density at radius 3 is 2.64 bits per heavy atom. The van der Waals surface area contributed by atoms with Gasteiger partial charge < -0.3 is 18.9 Å². The number of carbonyl (C=O) groups is 1. The minimum absolute atomic E-state index is 0.158. The minimum Gasteiger partial charge on any atom is -0.478 e. The number of hydrogen-bond donors (Lipinski definition) is 0. The lowest BCUT2D eigenvalue weighted by Crippen LogP contribution is -2.33. The van der Waals surface area contributed by atoms with Crippen LogP contribution in [0.1, 0.15) is 27.0 Å². The third kappa shape index (κ3) is 3.70. The van der Waals surface area contributed by atoms with Crippen LogP contribution in [0.2, 0.25) is 0 Å². The fourth-order valence-electron chi connectivity index (χ4n) is 4.24. The summed E-state index contributed by atoms with van der Waals surface area (Å²) in [6.07, 6.45) is 2.48. The zero-order valence-corrected chi connectivity index (χ0v) is 17.7. The highest BCUT2D eigenvalue weighted by Gasteiger charge is 2.33. The molecule has 166 valence electrons. The van der Waals surface area contributed by atoms with E-state index in [0.29, 0.717) is 36.1 Å². The summed E-state index contributed by atoms with van der Waals surface area (Å²) in [4.78, 5) is 15.1. The summed E-state index contributed by atoms with van der Waals surface area (Å²) in [6.45, 7) is 1.98. The molecule has 3 aliphatic heterocycles. The van der Waals surface area contributed by atoms with Crippen LogP contribution in [0.15, 0.2) is 60.4 Å². The maximum absolute atomic E-state index is 13.1. The van der Waals surface area contributed by atoms with Crippen LogP contribution < -0.4 is 18.9 Å². The van der Waals surface area contributed by atoms with E-state index < -0.39 is 0 Å². The van der Waals surface area contributed by atoms with Crippen molar-refractivity contribution in [3.05, 3.63) is 88.4 Å². The lowest BCUT2D eigenvalue weighted by Gasteiger charge is -2.29. The van der Waals surface area contributed by atoms with Crippen LogP contribution in [0.4, 0.5) is 4.39 Å². The predicted octanol–water partition coefficient (Wildman–Crippen LogP) is 4.57. The predicted molar refractivity (Wildman–Crippen MR) is 118 cm³/mol. The molecule has 3 aromatic rings. The number of fused-ring (bicyclic) bond motifs is 4. The molecule has 0 saturated heterocycles. The molecule has 6 nitrogen and oxygen atoms in total. The third-order valence-corrected chi connectivity index (χ3v) is 6.01. The van der Waals surface area contributed by atoms with Crippen molar-refractivity contribution in [2.75, 3.05) is 20.1 Å². The molecule has 0 fully saturated rings. The van der Waals surface area contributed by atoms with Crippen LogP contribution in [0.25, 0.3) is 6.08 Å². The third-order valence-electron chi connectivity index (χ3n) is 6.01. The van der Waals surface area contributed by atoms with Gasteiger partial charge in [-0.05, 0) is 60.0 Å². The average molecular weight is 445 g/mol. The highest BCUT2D eigenvalue weighted by molar-refractivity contribution is 6.15. The van der Waals surface area contributed by atoms with Crippen molar-refractivity contribution in [3.63, 3.8) is 0 Å². The van der Waals surface area contributed by atoms with Crippen LogP contribution in [-0.4, -0.2) is 30.8 Å². The van der Waals surface area contributed by atoms with Gasteiger partial charge in [-0.3, -0.25) is 9.69 Å². The van der Waals surface area contributed by atoms with E-state index >= 15 is 0 Å². The van der Waals surface area contributed by atoms with Gasteiger partial charge in [0.2, 0.25) is 12.6 Å². The highest BCUT2D eigenvalue weighted by atomic mass is 19.1. The largest absolute Gasteiger partial charge is 0.478 e. The lowest BCUT2D eigenvalue weighted by atomic mass is 10.0. The van der Waals surface area contributed by atoms with Crippen molar-refractivity contribution in [1.29, 1.82) is 0 Å². The molecule has 3 aliphatic rings. The molecule has 3 aromatic carbocycles. The molecule has 0 aromatic heterocycles. The monoisotopic (exact) mass is 445 g/mol. The van der Waals surface area contributed by atoms with Gasteiger partial charge in [0.1, 0.15) is 24.0 Å². The van der Waals surface area contributed by atoms with Gasteiger partial charge in [-0.25, -0.2) is 4.39 Å². The van der Waals surface area contributed by atoms with E-state index in [1.165, 1.54) is 12.1 Å². The van der Waals surface area contributed by atoms with Gasteiger partial charge in [-0.1, -0.05) is 18.2 Å². The first-order valence-electron chi connectivity index (χ1n) is 10.7. The van der Waals surface area contributed by atoms with E-state index in [-0.39, 0.29) is 24.2 Å². The molecule has 0 unspecified atom stereocenters. The normalized spacial score (nSPS) is 17.5. The maximum Gasteiger partial charge on any atom is 0.231 e. The number of halogens is 1. The van der Waals surface area contributed by atoms with Gasteiger partial charge in [-0.15, -0.1) is 0 Å². The van der Waals surface area contributed by atoms with Gasteiger partial charge in [-0.2, -0.15) is 0 Å². The Kier molecular flexibility index (Phi) is 4.77. The summed E-state index contributed by atoms with van der Waals surface area (Å²) in [5, 5.41) is 0. The van der Waals surface area contributed by atoms with Crippen molar-refractivity contribution < 1.29 is 28.1 Å². The van der Waals surface area contributed by atoms with Gasteiger partial charge >= 0.3 is 0 Å². The van der Waals surface area contributed by atoms with Gasteiger partial charge in [0.25, 0.3) is 0 Å². The Hall–Kier alpha value is -3.84. The van der Waals surface area contributed by atoms with E-state index in [1.54, 1.807) is 24.3 Å². The number of allylic oxidation sites excluding steroid dienone is 1. The molecule has 7 heteroatoms. The number of Topliss-reactive ketones (excluding diaryl/α,β-unsaturated/α-hetero) is 1. The Bertz CT molecular complexity index is 1280. The second-order valence-electron chi connectivity index (χ2n) is 8.17. The van der Waals surface area contributed by atoms with E-state index in [2.05, 4.69) is 4.90 Å². The number of nitrogens with zero attached hydrogens (tertiary/aromatic N) is 1. The maximum atomic E-state index is 13.1. The first-order valence-corrected chi connectivity index (χ1v) is 10.7. The second kappa shape index (κ2) is 7.94. The van der Waals surface area contributed by atoms with Crippen molar-refractivity contribution >= 4 is 11.9 Å². The van der Waals surface area contributed by atoms with Gasteiger partial charge in [0.15, 0.2) is 17.3 Å². The van der Waals surface area contributed by atoms with Crippen LogP contribution in [0.3, 0.4) is 0 Å². The molecular weight excluding hydrogens is 425 g/mol. The first kappa shape index (κ1) is 19.8. The molecule has 0 radical (unpaired) electrons. The summed E-state index contributed by atoms with van der Waals surface area (Å²) < 4.78 is 35.9. The fourth-order valence-corrected chi connectivity index (χ4v) is 4.24. The molecule has 0 aliphatic carbocycles. The van der Waals surface area contributed by atoms with Crippen molar-refractivity contribution in [1.82, 2.24) is 4.90 Å². The standard InChI is InChI=1S/C26H20FNO5/c27-18-4-1-16(2-5-18)9-10-28-13-20-21(30-14-28)8-6-19-25(29)24(33-26(19)20)12-17-3-7-22-23(11-17)32-15-31-22/h1-8,11-12H,9-10,13-15H2/b24-12-. The number of rotatable bonds is 4. The minimum atomic E-state index is -0.240. The van der Waals surface area contributed by atoms with Crippen LogP contribution in [-0.2, 0) is 13.0 Å². The molecule has 0 amide bonds. The fraction of sp³-hybridized carbons (Fsp3) is 0.192. The van der Waals surface area contributed by atoms with Crippen LogP contribution >= 0.6 is 0 Å². The molecule has 0 atom stereocenters. The highest BCUT2D eigenvalue weighted by Crippen LogP contribution is 2.42. The molecule has 3 heterocycles. The molecule has 0 N–H and O–H groups in total. The summed E-state index contributed by atoms with van der Waals surface area (Å²) >= 11 is 0. The van der Waals surface area contributed by atoms with E-state index in [1.807, 2.05) is 24.3 Å². The second-order valence-corrected chi connectivity index (χ2v) is 8.17. The van der Waals surface area contributed by atoms with Crippen molar-refractivity contribution in [2.24, 2.45) is 0 Å². The topological polar surface area (TPSA) is 57.2 Å². The summed E-state index contributed by atoms with van der Waals surface area (Å²) in [6, 6.07) is 15.6. The first-order chi connectivity index (χ1) is 16.1. The molecule has 6 rings (SSSR count). The number of carbonyl (C=O) groups excluding carboxylic acids is 1. The van der Waals surface area contributed by atoms with E-state index in [4.69, 9.17) is 18.9 Å². The smallest absolute Gasteiger partial charge is 0.231 e. The zero-order chi connectivity index (χ0) is 22.4. The number of benzene rings is 3. The van der Waals surface area contributed by atoms with Gasteiger partial charge in [0.05, 0.1) is 11.1 Å².